The van der Waals surface area contributed by atoms with Crippen LogP contribution in [0.25, 0.3) is 0 Å². The zero-order valence-electron chi connectivity index (χ0n) is 9.32. The molecular weight excluding hydrogens is 200 g/mol. The summed E-state index contributed by atoms with van der Waals surface area (Å²) in [6.07, 6.45) is 0.972. The highest BCUT2D eigenvalue weighted by atomic mass is 15.2. The van der Waals surface area contributed by atoms with Gasteiger partial charge < -0.3 is 16.4 Å². The maximum atomic E-state index is 5.51. The SMILES string of the molecule is NCC[C@H]1CN=C(NCc2ccccc2)N1. The van der Waals surface area contributed by atoms with Crippen molar-refractivity contribution in [3.63, 3.8) is 0 Å². The van der Waals surface area contributed by atoms with Crippen LogP contribution in [-0.4, -0.2) is 25.1 Å². The maximum absolute atomic E-state index is 5.51. The predicted molar refractivity (Wildman–Crippen MR) is 66.2 cm³/mol. The number of nitrogens with two attached hydrogens (primary N) is 1. The molecule has 1 aliphatic rings. The normalized spacial score (nSPS) is 19.1. The fourth-order valence-corrected chi connectivity index (χ4v) is 1.74. The third-order valence-corrected chi connectivity index (χ3v) is 2.63. The molecule has 0 bridgehead atoms. The van der Waals surface area contributed by atoms with Gasteiger partial charge in [-0.2, -0.15) is 0 Å². The number of benzene rings is 1. The Balaban J connectivity index is 1.76. The van der Waals surface area contributed by atoms with E-state index in [-0.39, 0.29) is 0 Å². The summed E-state index contributed by atoms with van der Waals surface area (Å²) in [5.74, 6) is 0.891. The van der Waals surface area contributed by atoms with Crippen molar-refractivity contribution in [2.75, 3.05) is 13.1 Å². The van der Waals surface area contributed by atoms with Crippen LogP contribution >= 0.6 is 0 Å². The smallest absolute Gasteiger partial charge is 0.191 e. The van der Waals surface area contributed by atoms with Gasteiger partial charge in [-0.25, -0.2) is 0 Å². The molecule has 0 saturated carbocycles. The average Bonchev–Trinajstić information content (AvgIpc) is 2.76. The first-order valence-corrected chi connectivity index (χ1v) is 5.67. The molecule has 0 aromatic heterocycles. The van der Waals surface area contributed by atoms with Gasteiger partial charge in [0.05, 0.1) is 6.54 Å². The van der Waals surface area contributed by atoms with E-state index in [1.165, 1.54) is 5.56 Å². The number of nitrogens with one attached hydrogen (secondary N) is 2. The molecule has 1 aliphatic heterocycles. The molecule has 4 heteroatoms. The van der Waals surface area contributed by atoms with E-state index in [1.54, 1.807) is 0 Å². The molecule has 0 aliphatic carbocycles. The molecule has 1 heterocycles. The summed E-state index contributed by atoms with van der Waals surface area (Å²) in [5.41, 5.74) is 6.77. The molecular formula is C12H18N4. The van der Waals surface area contributed by atoms with Gasteiger partial charge in [-0.1, -0.05) is 30.3 Å². The van der Waals surface area contributed by atoms with Crippen molar-refractivity contribution in [2.45, 2.75) is 19.0 Å². The molecule has 0 unspecified atom stereocenters. The van der Waals surface area contributed by atoms with Crippen LogP contribution in [0.15, 0.2) is 35.3 Å². The summed E-state index contributed by atoms with van der Waals surface area (Å²) >= 11 is 0. The highest BCUT2D eigenvalue weighted by molar-refractivity contribution is 5.81. The van der Waals surface area contributed by atoms with Gasteiger partial charge >= 0.3 is 0 Å². The Bertz CT molecular complexity index is 347. The monoisotopic (exact) mass is 218 g/mol. The first-order chi connectivity index (χ1) is 7.88. The van der Waals surface area contributed by atoms with Crippen LogP contribution in [0.3, 0.4) is 0 Å². The van der Waals surface area contributed by atoms with E-state index < -0.39 is 0 Å². The molecule has 1 aromatic carbocycles. The van der Waals surface area contributed by atoms with E-state index in [0.29, 0.717) is 12.6 Å². The number of guanidine groups is 1. The fraction of sp³-hybridized carbons (Fsp3) is 0.417. The van der Waals surface area contributed by atoms with Crippen LogP contribution < -0.4 is 16.4 Å². The number of aliphatic imine (C=N–C) groups is 1. The fourth-order valence-electron chi connectivity index (χ4n) is 1.74. The van der Waals surface area contributed by atoms with Crippen LogP contribution in [-0.2, 0) is 6.54 Å². The Kier molecular flexibility index (Phi) is 3.77. The Morgan fingerprint density at radius 2 is 2.19 bits per heavy atom. The second-order valence-corrected chi connectivity index (χ2v) is 3.95. The Morgan fingerprint density at radius 3 is 2.94 bits per heavy atom. The van der Waals surface area contributed by atoms with E-state index in [4.69, 9.17) is 5.73 Å². The van der Waals surface area contributed by atoms with Crippen molar-refractivity contribution in [1.82, 2.24) is 10.6 Å². The molecule has 4 nitrogen and oxygen atoms in total. The summed E-state index contributed by atoms with van der Waals surface area (Å²) in [7, 11) is 0. The van der Waals surface area contributed by atoms with Gasteiger partial charge in [0.15, 0.2) is 5.96 Å². The molecule has 1 aromatic rings. The van der Waals surface area contributed by atoms with Crippen LogP contribution in [0, 0.1) is 0 Å². The van der Waals surface area contributed by atoms with Gasteiger partial charge in [0.25, 0.3) is 0 Å². The van der Waals surface area contributed by atoms with Crippen molar-refractivity contribution in [3.8, 4) is 0 Å². The molecule has 2 rings (SSSR count). The quantitative estimate of drug-likeness (QED) is 0.687. The van der Waals surface area contributed by atoms with Crippen molar-refractivity contribution in [3.05, 3.63) is 35.9 Å². The molecule has 0 saturated heterocycles. The molecule has 0 radical (unpaired) electrons. The van der Waals surface area contributed by atoms with Crippen molar-refractivity contribution in [1.29, 1.82) is 0 Å². The second kappa shape index (κ2) is 5.51. The van der Waals surface area contributed by atoms with Crippen molar-refractivity contribution < 1.29 is 0 Å². The minimum absolute atomic E-state index is 0.406. The Labute approximate surface area is 96.0 Å². The van der Waals surface area contributed by atoms with Gasteiger partial charge in [-0.15, -0.1) is 0 Å². The summed E-state index contributed by atoms with van der Waals surface area (Å²) in [6.45, 7) is 2.34. The topological polar surface area (TPSA) is 62.4 Å². The third kappa shape index (κ3) is 2.97. The second-order valence-electron chi connectivity index (χ2n) is 3.95. The summed E-state index contributed by atoms with van der Waals surface area (Å²) in [6, 6.07) is 10.7. The van der Waals surface area contributed by atoms with Gasteiger partial charge in [0.2, 0.25) is 0 Å². The molecule has 0 spiro atoms. The lowest BCUT2D eigenvalue weighted by Crippen LogP contribution is -2.39. The third-order valence-electron chi connectivity index (χ3n) is 2.63. The first kappa shape index (κ1) is 11.0. The zero-order valence-corrected chi connectivity index (χ0v) is 9.32. The van der Waals surface area contributed by atoms with Crippen molar-refractivity contribution >= 4 is 5.96 Å². The highest BCUT2D eigenvalue weighted by Crippen LogP contribution is 2.00. The standard InChI is InChI=1S/C12H18N4/c13-7-6-11-9-15-12(16-11)14-8-10-4-2-1-3-5-10/h1-5,11H,6-9,13H2,(H2,14,15,16)/t11-/m0/s1. The minimum Gasteiger partial charge on any atom is -0.352 e. The van der Waals surface area contributed by atoms with Gasteiger partial charge in [-0.3, -0.25) is 4.99 Å². The predicted octanol–water partition coefficient (Wildman–Crippen LogP) is 0.453. The summed E-state index contributed by atoms with van der Waals surface area (Å²) in [4.78, 5) is 4.39. The number of hydrogen-bond donors (Lipinski definition) is 3. The Morgan fingerprint density at radius 1 is 1.38 bits per heavy atom. The summed E-state index contributed by atoms with van der Waals surface area (Å²) in [5, 5.41) is 6.61. The molecule has 0 fully saturated rings. The van der Waals surface area contributed by atoms with E-state index >= 15 is 0 Å². The molecule has 4 N–H and O–H groups in total. The van der Waals surface area contributed by atoms with E-state index in [9.17, 15) is 0 Å². The van der Waals surface area contributed by atoms with E-state index in [2.05, 4.69) is 27.8 Å². The van der Waals surface area contributed by atoms with Crippen molar-refractivity contribution in [2.24, 2.45) is 10.7 Å². The van der Waals surface area contributed by atoms with E-state index in [0.717, 1.165) is 25.5 Å². The van der Waals surface area contributed by atoms with Gasteiger partial charge in [0, 0.05) is 12.6 Å². The van der Waals surface area contributed by atoms with E-state index in [1.807, 2.05) is 18.2 Å². The lowest BCUT2D eigenvalue weighted by Gasteiger charge is -2.11. The molecule has 1 atom stereocenters. The van der Waals surface area contributed by atoms with Gasteiger partial charge in [-0.05, 0) is 18.5 Å². The minimum atomic E-state index is 0.406. The zero-order chi connectivity index (χ0) is 11.2. The average molecular weight is 218 g/mol. The van der Waals surface area contributed by atoms with Crippen LogP contribution in [0.1, 0.15) is 12.0 Å². The summed E-state index contributed by atoms with van der Waals surface area (Å²) < 4.78 is 0. The van der Waals surface area contributed by atoms with Crippen LogP contribution in [0.4, 0.5) is 0 Å². The number of hydrogen-bond acceptors (Lipinski definition) is 4. The van der Waals surface area contributed by atoms with Crippen LogP contribution in [0.2, 0.25) is 0 Å². The molecule has 86 valence electrons. The van der Waals surface area contributed by atoms with Gasteiger partial charge in [0.1, 0.15) is 0 Å². The molecule has 0 amide bonds. The molecule has 16 heavy (non-hydrogen) atoms. The Hall–Kier alpha value is -1.55. The maximum Gasteiger partial charge on any atom is 0.191 e. The lowest BCUT2D eigenvalue weighted by molar-refractivity contribution is 0.604. The lowest BCUT2D eigenvalue weighted by atomic mass is 10.2. The number of rotatable bonds is 4. The largest absolute Gasteiger partial charge is 0.352 e. The number of nitrogens with zero attached hydrogens (tertiary/aromatic N) is 1. The van der Waals surface area contributed by atoms with Crippen LogP contribution in [0.5, 0.6) is 0 Å². The highest BCUT2D eigenvalue weighted by Gasteiger charge is 2.15. The first-order valence-electron chi connectivity index (χ1n) is 5.67.